The van der Waals surface area contributed by atoms with Gasteiger partial charge in [-0.1, -0.05) is 23.7 Å². The molecule has 0 bridgehead atoms. The number of benzene rings is 1. The molecule has 88 valence electrons. The van der Waals surface area contributed by atoms with E-state index in [2.05, 4.69) is 18.3 Å². The molecule has 1 aromatic carbocycles. The van der Waals surface area contributed by atoms with Gasteiger partial charge in [-0.3, -0.25) is 0 Å². The van der Waals surface area contributed by atoms with Crippen LogP contribution in [-0.4, -0.2) is 19.3 Å². The molecule has 0 radical (unpaired) electrons. The highest BCUT2D eigenvalue weighted by Gasteiger charge is 2.16. The molecule has 2 nitrogen and oxygen atoms in total. The van der Waals surface area contributed by atoms with Crippen molar-refractivity contribution in [3.8, 4) is 0 Å². The molecule has 1 aliphatic heterocycles. The zero-order valence-corrected chi connectivity index (χ0v) is 10.3. The SMILES string of the molecule is C[C@H](NC1CCCOC1)c1cccc(Cl)c1. The molecular formula is C13H18ClNO. The molecule has 1 unspecified atom stereocenters. The highest BCUT2D eigenvalue weighted by Crippen LogP contribution is 2.19. The number of hydrogen-bond donors (Lipinski definition) is 1. The summed E-state index contributed by atoms with van der Waals surface area (Å²) in [7, 11) is 0. The summed E-state index contributed by atoms with van der Waals surface area (Å²) in [6.45, 7) is 3.90. The number of nitrogens with one attached hydrogen (secondary N) is 1. The Balaban J connectivity index is 1.94. The van der Waals surface area contributed by atoms with Gasteiger partial charge in [0.25, 0.3) is 0 Å². The Kier molecular flexibility index (Phi) is 4.22. The molecule has 1 aliphatic rings. The van der Waals surface area contributed by atoms with Crippen LogP contribution in [0.25, 0.3) is 0 Å². The fourth-order valence-corrected chi connectivity index (χ4v) is 2.30. The maximum absolute atomic E-state index is 5.98. The van der Waals surface area contributed by atoms with Crippen molar-refractivity contribution in [1.29, 1.82) is 0 Å². The van der Waals surface area contributed by atoms with Crippen molar-refractivity contribution in [3.63, 3.8) is 0 Å². The summed E-state index contributed by atoms with van der Waals surface area (Å²) in [5.74, 6) is 0. The summed E-state index contributed by atoms with van der Waals surface area (Å²) in [4.78, 5) is 0. The third-order valence-electron chi connectivity index (χ3n) is 2.99. The number of halogens is 1. The second kappa shape index (κ2) is 5.67. The van der Waals surface area contributed by atoms with E-state index < -0.39 is 0 Å². The van der Waals surface area contributed by atoms with Gasteiger partial charge >= 0.3 is 0 Å². The van der Waals surface area contributed by atoms with Crippen LogP contribution in [0.5, 0.6) is 0 Å². The van der Waals surface area contributed by atoms with Crippen LogP contribution < -0.4 is 5.32 Å². The highest BCUT2D eigenvalue weighted by atomic mass is 35.5. The zero-order chi connectivity index (χ0) is 11.4. The quantitative estimate of drug-likeness (QED) is 0.875. The van der Waals surface area contributed by atoms with E-state index in [1.807, 2.05) is 18.2 Å². The Hall–Kier alpha value is -0.570. The van der Waals surface area contributed by atoms with Crippen LogP contribution in [0.1, 0.15) is 31.4 Å². The van der Waals surface area contributed by atoms with Crippen LogP contribution in [-0.2, 0) is 4.74 Å². The van der Waals surface area contributed by atoms with Crippen LogP contribution in [0.3, 0.4) is 0 Å². The summed E-state index contributed by atoms with van der Waals surface area (Å²) in [6, 6.07) is 8.82. The Morgan fingerprint density at radius 3 is 3.06 bits per heavy atom. The van der Waals surface area contributed by atoms with Gasteiger partial charge in [0.05, 0.1) is 6.61 Å². The van der Waals surface area contributed by atoms with Crippen molar-refractivity contribution in [2.24, 2.45) is 0 Å². The summed E-state index contributed by atoms with van der Waals surface area (Å²) in [6.07, 6.45) is 2.35. The van der Waals surface area contributed by atoms with Crippen molar-refractivity contribution >= 4 is 11.6 Å². The lowest BCUT2D eigenvalue weighted by atomic mass is 10.1. The lowest BCUT2D eigenvalue weighted by Gasteiger charge is -2.27. The van der Waals surface area contributed by atoms with Crippen molar-refractivity contribution in [3.05, 3.63) is 34.9 Å². The maximum Gasteiger partial charge on any atom is 0.0619 e. The average Bonchev–Trinajstić information content (AvgIpc) is 2.30. The molecule has 1 saturated heterocycles. The Morgan fingerprint density at radius 1 is 1.50 bits per heavy atom. The molecule has 0 aromatic heterocycles. The largest absolute Gasteiger partial charge is 0.380 e. The third-order valence-corrected chi connectivity index (χ3v) is 3.23. The molecule has 1 heterocycles. The van der Waals surface area contributed by atoms with E-state index in [1.54, 1.807) is 0 Å². The number of hydrogen-bond acceptors (Lipinski definition) is 2. The molecule has 0 saturated carbocycles. The minimum atomic E-state index is 0.324. The van der Waals surface area contributed by atoms with Crippen LogP contribution >= 0.6 is 11.6 Å². The van der Waals surface area contributed by atoms with Crippen LogP contribution in [0.4, 0.5) is 0 Å². The Labute approximate surface area is 102 Å². The lowest BCUT2D eigenvalue weighted by molar-refractivity contribution is 0.0671. The average molecular weight is 240 g/mol. The minimum absolute atomic E-state index is 0.324. The molecule has 0 aliphatic carbocycles. The fourth-order valence-electron chi connectivity index (χ4n) is 2.10. The van der Waals surface area contributed by atoms with Crippen molar-refractivity contribution in [2.45, 2.75) is 31.8 Å². The molecule has 2 rings (SSSR count). The van der Waals surface area contributed by atoms with Crippen LogP contribution in [0, 0.1) is 0 Å². The predicted molar refractivity (Wildman–Crippen MR) is 66.8 cm³/mol. The van der Waals surface area contributed by atoms with Gasteiger partial charge in [-0.25, -0.2) is 0 Å². The monoisotopic (exact) mass is 239 g/mol. The molecule has 1 aromatic rings. The third kappa shape index (κ3) is 3.21. The standard InChI is InChI=1S/C13H18ClNO/c1-10(11-4-2-5-12(14)8-11)15-13-6-3-7-16-9-13/h2,4-5,8,10,13,15H,3,6-7,9H2,1H3/t10-,13?/m0/s1. The van der Waals surface area contributed by atoms with E-state index in [-0.39, 0.29) is 0 Å². The smallest absolute Gasteiger partial charge is 0.0619 e. The second-order valence-corrected chi connectivity index (χ2v) is 4.79. The Bertz CT molecular complexity index is 336. The lowest BCUT2D eigenvalue weighted by Crippen LogP contribution is -2.38. The van der Waals surface area contributed by atoms with E-state index >= 15 is 0 Å². The maximum atomic E-state index is 5.98. The van der Waals surface area contributed by atoms with E-state index in [0.29, 0.717) is 12.1 Å². The van der Waals surface area contributed by atoms with E-state index in [9.17, 15) is 0 Å². The summed E-state index contributed by atoms with van der Waals surface area (Å²) in [5.41, 5.74) is 1.23. The zero-order valence-electron chi connectivity index (χ0n) is 9.58. The first kappa shape index (κ1) is 11.9. The van der Waals surface area contributed by atoms with Crippen molar-refractivity contribution in [1.82, 2.24) is 5.32 Å². The highest BCUT2D eigenvalue weighted by molar-refractivity contribution is 6.30. The molecule has 3 heteroatoms. The first-order chi connectivity index (χ1) is 7.75. The molecule has 0 spiro atoms. The van der Waals surface area contributed by atoms with E-state index in [4.69, 9.17) is 16.3 Å². The molecule has 0 amide bonds. The summed E-state index contributed by atoms with van der Waals surface area (Å²) in [5, 5.41) is 4.38. The molecular weight excluding hydrogens is 222 g/mol. The number of rotatable bonds is 3. The van der Waals surface area contributed by atoms with Gasteiger partial charge in [0, 0.05) is 23.7 Å². The molecule has 16 heavy (non-hydrogen) atoms. The number of ether oxygens (including phenoxy) is 1. The van der Waals surface area contributed by atoms with Crippen LogP contribution in [0.2, 0.25) is 5.02 Å². The second-order valence-electron chi connectivity index (χ2n) is 4.36. The van der Waals surface area contributed by atoms with Gasteiger partial charge in [-0.2, -0.15) is 0 Å². The van der Waals surface area contributed by atoms with Gasteiger partial charge < -0.3 is 10.1 Å². The first-order valence-corrected chi connectivity index (χ1v) is 6.23. The van der Waals surface area contributed by atoms with E-state index in [1.165, 1.54) is 12.0 Å². The van der Waals surface area contributed by atoms with Gasteiger partial charge in [-0.05, 0) is 37.5 Å². The topological polar surface area (TPSA) is 21.3 Å². The Morgan fingerprint density at radius 2 is 2.38 bits per heavy atom. The molecule has 1 fully saturated rings. The fraction of sp³-hybridized carbons (Fsp3) is 0.538. The molecule has 1 N–H and O–H groups in total. The van der Waals surface area contributed by atoms with Gasteiger partial charge in [0.1, 0.15) is 0 Å². The van der Waals surface area contributed by atoms with Crippen LogP contribution in [0.15, 0.2) is 24.3 Å². The van der Waals surface area contributed by atoms with Crippen molar-refractivity contribution in [2.75, 3.05) is 13.2 Å². The first-order valence-electron chi connectivity index (χ1n) is 5.85. The molecule has 2 atom stereocenters. The van der Waals surface area contributed by atoms with E-state index in [0.717, 1.165) is 24.7 Å². The van der Waals surface area contributed by atoms with Gasteiger partial charge in [0.2, 0.25) is 0 Å². The normalized spacial score (nSPS) is 23.0. The van der Waals surface area contributed by atoms with Crippen molar-refractivity contribution < 1.29 is 4.74 Å². The summed E-state index contributed by atoms with van der Waals surface area (Å²) < 4.78 is 5.45. The van der Waals surface area contributed by atoms with Gasteiger partial charge in [-0.15, -0.1) is 0 Å². The van der Waals surface area contributed by atoms with Gasteiger partial charge in [0.15, 0.2) is 0 Å². The minimum Gasteiger partial charge on any atom is -0.380 e. The summed E-state index contributed by atoms with van der Waals surface area (Å²) >= 11 is 5.98. The predicted octanol–water partition coefficient (Wildman–Crippen LogP) is 3.17.